The number of rotatable bonds is 5. The van der Waals surface area contributed by atoms with E-state index in [-0.39, 0.29) is 18.1 Å². The molecule has 3 fully saturated rings. The monoisotopic (exact) mass is 296 g/mol. The lowest BCUT2D eigenvalue weighted by molar-refractivity contribution is -0.145. The minimum Gasteiger partial charge on any atom is -0.391 e. The number of aliphatic hydroxyl groups is 1. The molecule has 21 heavy (non-hydrogen) atoms. The van der Waals surface area contributed by atoms with Crippen molar-refractivity contribution in [2.75, 3.05) is 32.8 Å². The van der Waals surface area contributed by atoms with Crippen molar-refractivity contribution >= 4 is 5.91 Å². The maximum absolute atomic E-state index is 12.4. The van der Waals surface area contributed by atoms with E-state index >= 15 is 0 Å². The van der Waals surface area contributed by atoms with Crippen LogP contribution in [-0.4, -0.2) is 71.8 Å². The Morgan fingerprint density at radius 1 is 1.19 bits per heavy atom. The molecule has 1 amide bonds. The summed E-state index contributed by atoms with van der Waals surface area (Å²) in [5, 5.41) is 9.99. The van der Waals surface area contributed by atoms with Crippen molar-refractivity contribution in [3.63, 3.8) is 0 Å². The van der Waals surface area contributed by atoms with Gasteiger partial charge in [-0.1, -0.05) is 0 Å². The van der Waals surface area contributed by atoms with E-state index in [0.717, 1.165) is 52.0 Å². The second kappa shape index (κ2) is 6.63. The van der Waals surface area contributed by atoms with Gasteiger partial charge >= 0.3 is 0 Å². The van der Waals surface area contributed by atoms with Crippen LogP contribution in [0.25, 0.3) is 0 Å². The molecule has 3 rings (SSSR count). The van der Waals surface area contributed by atoms with Gasteiger partial charge in [-0.3, -0.25) is 9.69 Å². The highest BCUT2D eigenvalue weighted by Crippen LogP contribution is 2.29. The third-order valence-corrected chi connectivity index (χ3v) is 5.17. The van der Waals surface area contributed by atoms with Crippen LogP contribution in [-0.2, 0) is 9.53 Å². The fraction of sp³-hybridized carbons (Fsp3) is 0.938. The SMILES string of the molecule is C[C@H](OCC1CC1)C(=O)N1CCN([C@H]2CCC[C@@H]2O)CC1. The summed E-state index contributed by atoms with van der Waals surface area (Å²) in [5.74, 6) is 0.822. The molecule has 0 radical (unpaired) electrons. The molecule has 0 aromatic heterocycles. The number of piperazine rings is 1. The van der Waals surface area contributed by atoms with Crippen molar-refractivity contribution in [2.45, 2.75) is 57.3 Å². The molecular formula is C16H28N2O3. The first-order valence-corrected chi connectivity index (χ1v) is 8.47. The van der Waals surface area contributed by atoms with Crippen molar-refractivity contribution in [2.24, 2.45) is 5.92 Å². The van der Waals surface area contributed by atoms with Crippen LogP contribution in [0.4, 0.5) is 0 Å². The van der Waals surface area contributed by atoms with Gasteiger partial charge in [-0.05, 0) is 44.9 Å². The summed E-state index contributed by atoms with van der Waals surface area (Å²) in [4.78, 5) is 16.6. The largest absolute Gasteiger partial charge is 0.391 e. The standard InChI is InChI=1S/C16H28N2O3/c1-12(21-11-13-5-6-13)16(20)18-9-7-17(8-10-18)14-3-2-4-15(14)19/h12-15,19H,2-11H2,1H3/t12-,14-,15-/m0/s1. The van der Waals surface area contributed by atoms with Crippen molar-refractivity contribution in [1.29, 1.82) is 0 Å². The highest BCUT2D eigenvalue weighted by Gasteiger charge is 2.34. The molecule has 0 unspecified atom stereocenters. The Hall–Kier alpha value is -0.650. The van der Waals surface area contributed by atoms with E-state index in [2.05, 4.69) is 4.90 Å². The Labute approximate surface area is 127 Å². The van der Waals surface area contributed by atoms with Gasteiger partial charge in [-0.2, -0.15) is 0 Å². The Morgan fingerprint density at radius 3 is 2.48 bits per heavy atom. The molecule has 2 aliphatic carbocycles. The van der Waals surface area contributed by atoms with E-state index in [1.807, 2.05) is 11.8 Å². The molecule has 0 aromatic rings. The highest BCUT2D eigenvalue weighted by atomic mass is 16.5. The molecule has 1 saturated heterocycles. The number of carbonyl (C=O) groups excluding carboxylic acids is 1. The lowest BCUT2D eigenvalue weighted by Gasteiger charge is -2.39. The average Bonchev–Trinajstić information content (AvgIpc) is 3.24. The summed E-state index contributed by atoms with van der Waals surface area (Å²) in [5.41, 5.74) is 0. The van der Waals surface area contributed by atoms with Gasteiger partial charge in [-0.25, -0.2) is 0 Å². The van der Waals surface area contributed by atoms with Crippen LogP contribution in [0.15, 0.2) is 0 Å². The van der Waals surface area contributed by atoms with Crippen LogP contribution in [0, 0.1) is 5.92 Å². The van der Waals surface area contributed by atoms with Crippen LogP contribution in [0.3, 0.4) is 0 Å². The van der Waals surface area contributed by atoms with Gasteiger partial charge in [0.2, 0.25) is 0 Å². The van der Waals surface area contributed by atoms with Crippen molar-refractivity contribution < 1.29 is 14.6 Å². The lowest BCUT2D eigenvalue weighted by Crippen LogP contribution is -2.55. The van der Waals surface area contributed by atoms with Crippen molar-refractivity contribution in [3.8, 4) is 0 Å². The number of nitrogens with zero attached hydrogens (tertiary/aromatic N) is 2. The first-order chi connectivity index (χ1) is 10.1. The molecule has 1 heterocycles. The number of hydrogen-bond donors (Lipinski definition) is 1. The summed E-state index contributed by atoms with van der Waals surface area (Å²) in [6.07, 6.45) is 5.16. The second-order valence-electron chi connectivity index (χ2n) is 6.85. The van der Waals surface area contributed by atoms with Crippen molar-refractivity contribution in [1.82, 2.24) is 9.80 Å². The third kappa shape index (κ3) is 3.76. The third-order valence-electron chi connectivity index (χ3n) is 5.17. The van der Waals surface area contributed by atoms with Crippen LogP contribution in [0.5, 0.6) is 0 Å². The quantitative estimate of drug-likeness (QED) is 0.817. The lowest BCUT2D eigenvalue weighted by atomic mass is 10.1. The first-order valence-electron chi connectivity index (χ1n) is 8.47. The van der Waals surface area contributed by atoms with Gasteiger partial charge in [0.05, 0.1) is 12.7 Å². The van der Waals surface area contributed by atoms with Gasteiger partial charge in [0, 0.05) is 32.2 Å². The Bertz CT molecular complexity index is 365. The molecule has 5 heteroatoms. The summed E-state index contributed by atoms with van der Waals surface area (Å²) in [7, 11) is 0. The zero-order chi connectivity index (χ0) is 14.8. The molecular weight excluding hydrogens is 268 g/mol. The maximum Gasteiger partial charge on any atom is 0.251 e. The Kier molecular flexibility index (Phi) is 4.82. The second-order valence-corrected chi connectivity index (χ2v) is 6.85. The van der Waals surface area contributed by atoms with Crippen LogP contribution in [0.1, 0.15) is 39.0 Å². The normalized spacial score (nSPS) is 32.4. The van der Waals surface area contributed by atoms with Gasteiger partial charge < -0.3 is 14.7 Å². The van der Waals surface area contributed by atoms with E-state index in [4.69, 9.17) is 4.74 Å². The minimum atomic E-state index is -0.311. The molecule has 3 atom stereocenters. The number of carbonyl (C=O) groups is 1. The van der Waals surface area contributed by atoms with Gasteiger partial charge in [0.25, 0.3) is 5.91 Å². The van der Waals surface area contributed by atoms with Crippen LogP contribution in [0.2, 0.25) is 0 Å². The molecule has 0 bridgehead atoms. The molecule has 3 aliphatic rings. The van der Waals surface area contributed by atoms with Crippen LogP contribution < -0.4 is 0 Å². The summed E-state index contributed by atoms with van der Waals surface area (Å²) < 4.78 is 5.68. The van der Waals surface area contributed by atoms with Crippen molar-refractivity contribution in [3.05, 3.63) is 0 Å². The number of ether oxygens (including phenoxy) is 1. The van der Waals surface area contributed by atoms with E-state index in [9.17, 15) is 9.90 Å². The maximum atomic E-state index is 12.4. The van der Waals surface area contributed by atoms with Crippen LogP contribution >= 0.6 is 0 Å². The Morgan fingerprint density at radius 2 is 1.90 bits per heavy atom. The first kappa shape index (κ1) is 15.3. The summed E-state index contributed by atoms with van der Waals surface area (Å²) in [6.45, 7) is 5.89. The van der Waals surface area contributed by atoms with E-state index in [1.165, 1.54) is 12.8 Å². The minimum absolute atomic E-state index is 0.127. The molecule has 120 valence electrons. The zero-order valence-electron chi connectivity index (χ0n) is 13.0. The molecule has 2 saturated carbocycles. The zero-order valence-corrected chi connectivity index (χ0v) is 13.0. The highest BCUT2D eigenvalue weighted by molar-refractivity contribution is 5.80. The van der Waals surface area contributed by atoms with Gasteiger partial charge in [-0.15, -0.1) is 0 Å². The Balaban J connectivity index is 1.42. The fourth-order valence-electron chi connectivity index (χ4n) is 3.51. The fourth-order valence-corrected chi connectivity index (χ4v) is 3.51. The average molecular weight is 296 g/mol. The number of hydrogen-bond acceptors (Lipinski definition) is 4. The summed E-state index contributed by atoms with van der Waals surface area (Å²) >= 11 is 0. The predicted octanol–water partition coefficient (Wildman–Crippen LogP) is 0.859. The number of amides is 1. The molecule has 1 N–H and O–H groups in total. The predicted molar refractivity (Wildman–Crippen MR) is 79.9 cm³/mol. The molecule has 0 aromatic carbocycles. The van der Waals surface area contributed by atoms with E-state index < -0.39 is 0 Å². The van der Waals surface area contributed by atoms with Gasteiger partial charge in [0.1, 0.15) is 6.10 Å². The topological polar surface area (TPSA) is 53.0 Å². The van der Waals surface area contributed by atoms with E-state index in [0.29, 0.717) is 12.0 Å². The molecule has 1 aliphatic heterocycles. The summed E-state index contributed by atoms with van der Waals surface area (Å²) in [6, 6.07) is 0.311. The number of aliphatic hydroxyl groups excluding tert-OH is 1. The smallest absolute Gasteiger partial charge is 0.251 e. The molecule has 5 nitrogen and oxygen atoms in total. The van der Waals surface area contributed by atoms with E-state index in [1.54, 1.807) is 0 Å². The molecule has 0 spiro atoms. The van der Waals surface area contributed by atoms with Gasteiger partial charge in [0.15, 0.2) is 0 Å².